The SMILES string of the molecule is O=C(CSc1c[nH]c2ccccc12)N1CCCC(Oc2ccncc2Cl)C1. The summed E-state index contributed by atoms with van der Waals surface area (Å²) >= 11 is 7.70. The Bertz CT molecular complexity index is 946. The maximum absolute atomic E-state index is 12.7. The van der Waals surface area contributed by atoms with E-state index in [2.05, 4.69) is 16.0 Å². The summed E-state index contributed by atoms with van der Waals surface area (Å²) in [6, 6.07) is 9.88. The first-order chi connectivity index (χ1) is 13.2. The zero-order valence-corrected chi connectivity index (χ0v) is 16.3. The molecule has 7 heteroatoms. The van der Waals surface area contributed by atoms with Crippen LogP contribution in [0.15, 0.2) is 53.8 Å². The van der Waals surface area contributed by atoms with E-state index in [0.29, 0.717) is 23.1 Å². The van der Waals surface area contributed by atoms with Crippen LogP contribution < -0.4 is 4.74 Å². The van der Waals surface area contributed by atoms with Crippen LogP contribution in [0.25, 0.3) is 10.9 Å². The van der Waals surface area contributed by atoms with Crippen molar-refractivity contribution in [3.05, 3.63) is 53.9 Å². The first-order valence-corrected chi connectivity index (χ1v) is 10.3. The quantitative estimate of drug-likeness (QED) is 0.644. The largest absolute Gasteiger partial charge is 0.487 e. The van der Waals surface area contributed by atoms with E-state index in [1.165, 1.54) is 0 Å². The Kier molecular flexibility index (Phi) is 5.55. The second-order valence-corrected chi connectivity index (χ2v) is 7.94. The van der Waals surface area contributed by atoms with Crippen molar-refractivity contribution in [1.82, 2.24) is 14.9 Å². The van der Waals surface area contributed by atoms with Gasteiger partial charge in [0.15, 0.2) is 0 Å². The Morgan fingerprint density at radius 1 is 1.37 bits per heavy atom. The molecule has 2 aromatic heterocycles. The lowest BCUT2D eigenvalue weighted by Crippen LogP contribution is -2.45. The lowest BCUT2D eigenvalue weighted by molar-refractivity contribution is -0.130. The van der Waals surface area contributed by atoms with Crippen LogP contribution in [0, 0.1) is 0 Å². The van der Waals surface area contributed by atoms with Gasteiger partial charge in [0.25, 0.3) is 0 Å². The molecule has 0 spiro atoms. The molecule has 1 aliphatic rings. The van der Waals surface area contributed by atoms with Gasteiger partial charge in [0, 0.05) is 47.0 Å². The molecular weight excluding hydrogens is 382 g/mol. The van der Waals surface area contributed by atoms with Crippen LogP contribution in [0.1, 0.15) is 12.8 Å². The molecule has 5 nitrogen and oxygen atoms in total. The van der Waals surface area contributed by atoms with Gasteiger partial charge in [0.2, 0.25) is 5.91 Å². The second-order valence-electron chi connectivity index (χ2n) is 6.52. The minimum absolute atomic E-state index is 0.0410. The van der Waals surface area contributed by atoms with Gasteiger partial charge >= 0.3 is 0 Å². The van der Waals surface area contributed by atoms with Crippen molar-refractivity contribution in [3.63, 3.8) is 0 Å². The number of likely N-dealkylation sites (tertiary alicyclic amines) is 1. The summed E-state index contributed by atoms with van der Waals surface area (Å²) in [4.78, 5) is 22.9. The number of nitrogens with one attached hydrogen (secondary N) is 1. The number of H-pyrrole nitrogens is 1. The molecule has 1 aromatic carbocycles. The van der Waals surface area contributed by atoms with E-state index in [1.54, 1.807) is 30.2 Å². The van der Waals surface area contributed by atoms with Crippen LogP contribution in [0.4, 0.5) is 0 Å². The number of hydrogen-bond donors (Lipinski definition) is 1. The van der Waals surface area contributed by atoms with Gasteiger partial charge in [-0.1, -0.05) is 29.8 Å². The van der Waals surface area contributed by atoms with Gasteiger partial charge in [0.1, 0.15) is 16.9 Å². The van der Waals surface area contributed by atoms with E-state index in [-0.39, 0.29) is 12.0 Å². The topological polar surface area (TPSA) is 58.2 Å². The monoisotopic (exact) mass is 401 g/mol. The van der Waals surface area contributed by atoms with Crippen LogP contribution in [-0.2, 0) is 4.79 Å². The number of benzene rings is 1. The maximum atomic E-state index is 12.7. The number of halogens is 1. The Balaban J connectivity index is 1.35. The van der Waals surface area contributed by atoms with Gasteiger partial charge in [-0.2, -0.15) is 0 Å². The van der Waals surface area contributed by atoms with Crippen molar-refractivity contribution >= 4 is 40.2 Å². The zero-order valence-electron chi connectivity index (χ0n) is 14.7. The number of aromatic nitrogens is 2. The van der Waals surface area contributed by atoms with E-state index in [1.807, 2.05) is 29.3 Å². The maximum Gasteiger partial charge on any atom is 0.233 e. The normalized spacial score (nSPS) is 17.2. The molecule has 1 amide bonds. The summed E-state index contributed by atoms with van der Waals surface area (Å²) < 4.78 is 6.00. The fraction of sp³-hybridized carbons (Fsp3) is 0.300. The molecule has 1 fully saturated rings. The minimum atomic E-state index is -0.0410. The van der Waals surface area contributed by atoms with Crippen LogP contribution in [0.2, 0.25) is 5.02 Å². The second kappa shape index (κ2) is 8.23. The van der Waals surface area contributed by atoms with Crippen molar-refractivity contribution in [3.8, 4) is 5.75 Å². The predicted octanol–water partition coefficient (Wildman–Crippen LogP) is 4.38. The van der Waals surface area contributed by atoms with E-state index >= 15 is 0 Å². The Morgan fingerprint density at radius 3 is 3.15 bits per heavy atom. The van der Waals surface area contributed by atoms with Crippen molar-refractivity contribution in [1.29, 1.82) is 0 Å². The van der Waals surface area contributed by atoms with Gasteiger partial charge < -0.3 is 14.6 Å². The highest BCUT2D eigenvalue weighted by molar-refractivity contribution is 8.00. The smallest absolute Gasteiger partial charge is 0.233 e. The van der Waals surface area contributed by atoms with Crippen LogP contribution >= 0.6 is 23.4 Å². The number of aromatic amines is 1. The molecule has 1 saturated heterocycles. The molecule has 1 atom stereocenters. The third-order valence-corrected chi connectivity index (χ3v) is 5.99. The van der Waals surface area contributed by atoms with Gasteiger partial charge in [-0.3, -0.25) is 9.78 Å². The number of para-hydroxylation sites is 1. The first-order valence-electron chi connectivity index (χ1n) is 8.93. The number of carbonyl (C=O) groups excluding carboxylic acids is 1. The third kappa shape index (κ3) is 4.22. The predicted molar refractivity (Wildman–Crippen MR) is 108 cm³/mol. The molecule has 0 aliphatic carbocycles. The van der Waals surface area contributed by atoms with Gasteiger partial charge in [-0.25, -0.2) is 0 Å². The summed E-state index contributed by atoms with van der Waals surface area (Å²) in [6.45, 7) is 1.36. The molecule has 4 rings (SSSR count). The van der Waals surface area contributed by atoms with Crippen molar-refractivity contribution in [2.75, 3.05) is 18.8 Å². The summed E-state index contributed by atoms with van der Waals surface area (Å²) in [5, 5.41) is 1.65. The number of piperidine rings is 1. The average molecular weight is 402 g/mol. The Hall–Kier alpha value is -2.18. The highest BCUT2D eigenvalue weighted by atomic mass is 35.5. The highest BCUT2D eigenvalue weighted by Gasteiger charge is 2.25. The number of rotatable bonds is 5. The van der Waals surface area contributed by atoms with Crippen LogP contribution in [0.5, 0.6) is 5.75 Å². The molecule has 140 valence electrons. The zero-order chi connectivity index (χ0) is 18.6. The summed E-state index contributed by atoms with van der Waals surface area (Å²) in [6.07, 6.45) is 7.00. The Labute approximate surface area is 167 Å². The number of fused-ring (bicyclic) bond motifs is 1. The van der Waals surface area contributed by atoms with Crippen LogP contribution in [0.3, 0.4) is 0 Å². The van der Waals surface area contributed by atoms with E-state index in [0.717, 1.165) is 35.2 Å². The van der Waals surface area contributed by atoms with Crippen molar-refractivity contribution in [2.24, 2.45) is 0 Å². The molecule has 1 aliphatic heterocycles. The number of hydrogen-bond acceptors (Lipinski definition) is 4. The lowest BCUT2D eigenvalue weighted by atomic mass is 10.1. The number of carbonyl (C=O) groups is 1. The lowest BCUT2D eigenvalue weighted by Gasteiger charge is -2.33. The molecule has 3 aromatic rings. The minimum Gasteiger partial charge on any atom is -0.487 e. The van der Waals surface area contributed by atoms with E-state index in [4.69, 9.17) is 16.3 Å². The fourth-order valence-electron chi connectivity index (χ4n) is 3.29. The van der Waals surface area contributed by atoms with Crippen molar-refractivity contribution in [2.45, 2.75) is 23.8 Å². The number of amides is 1. The van der Waals surface area contributed by atoms with Gasteiger partial charge in [-0.05, 0) is 18.9 Å². The van der Waals surface area contributed by atoms with Gasteiger partial charge in [-0.15, -0.1) is 11.8 Å². The standard InChI is InChI=1S/C20H20ClN3O2S/c21-16-10-22-8-7-18(16)26-14-4-3-9-24(12-14)20(25)13-27-19-11-23-17-6-2-1-5-15(17)19/h1-2,5-8,10-11,14,23H,3-4,9,12-13H2. The number of pyridine rings is 1. The molecular formula is C20H20ClN3O2S. The molecule has 3 heterocycles. The van der Waals surface area contributed by atoms with Gasteiger partial charge in [0.05, 0.1) is 12.3 Å². The fourth-order valence-corrected chi connectivity index (χ4v) is 4.39. The van der Waals surface area contributed by atoms with Crippen LogP contribution in [-0.4, -0.2) is 45.7 Å². The highest BCUT2D eigenvalue weighted by Crippen LogP contribution is 2.29. The molecule has 0 bridgehead atoms. The third-order valence-electron chi connectivity index (χ3n) is 4.66. The molecule has 0 radical (unpaired) electrons. The van der Waals surface area contributed by atoms with E-state index < -0.39 is 0 Å². The molecule has 1 N–H and O–H groups in total. The number of nitrogens with zero attached hydrogens (tertiary/aromatic N) is 2. The summed E-state index contributed by atoms with van der Waals surface area (Å²) in [7, 11) is 0. The Morgan fingerprint density at radius 2 is 2.26 bits per heavy atom. The van der Waals surface area contributed by atoms with Crippen molar-refractivity contribution < 1.29 is 9.53 Å². The number of ether oxygens (including phenoxy) is 1. The first kappa shape index (κ1) is 18.2. The summed E-state index contributed by atoms with van der Waals surface area (Å²) in [5.74, 6) is 1.18. The summed E-state index contributed by atoms with van der Waals surface area (Å²) in [5.41, 5.74) is 1.09. The molecule has 0 saturated carbocycles. The van der Waals surface area contributed by atoms with E-state index in [9.17, 15) is 4.79 Å². The molecule has 1 unspecified atom stereocenters. The number of thioether (sulfide) groups is 1. The molecule has 27 heavy (non-hydrogen) atoms. The average Bonchev–Trinajstić information content (AvgIpc) is 3.11.